The number of hydrogen-bond donors (Lipinski definition) is 1. The van der Waals surface area contributed by atoms with Crippen molar-refractivity contribution in [3.05, 3.63) is 11.3 Å². The van der Waals surface area contributed by atoms with Gasteiger partial charge in [-0.05, 0) is 44.4 Å². The Morgan fingerprint density at radius 1 is 1.39 bits per heavy atom. The third-order valence-corrected chi connectivity index (χ3v) is 4.05. The Morgan fingerprint density at radius 3 is 2.56 bits per heavy atom. The highest BCUT2D eigenvalue weighted by atomic mass is 16.5. The average molecular weight is 252 g/mol. The summed E-state index contributed by atoms with van der Waals surface area (Å²) in [5.41, 5.74) is 0.699. The molecular weight excluding hydrogens is 228 g/mol. The summed E-state index contributed by atoms with van der Waals surface area (Å²) in [4.78, 5) is 12.1. The second-order valence-electron chi connectivity index (χ2n) is 6.18. The van der Waals surface area contributed by atoms with Crippen LogP contribution >= 0.6 is 0 Å². The lowest BCUT2D eigenvalue weighted by atomic mass is 9.85. The lowest BCUT2D eigenvalue weighted by Crippen LogP contribution is -2.24. The summed E-state index contributed by atoms with van der Waals surface area (Å²) < 4.78 is 5.54. The second kappa shape index (κ2) is 5.43. The Labute approximate surface area is 109 Å². The van der Waals surface area contributed by atoms with Crippen LogP contribution in [-0.4, -0.2) is 23.6 Å². The lowest BCUT2D eigenvalue weighted by molar-refractivity contribution is -0.118. The SMILES string of the molecule is CC(C)OCC1CC(=O)C(CC2CC2C)=C(O)C1. The molecule has 0 radical (unpaired) electrons. The number of carbonyl (C=O) groups excluding carboxylic acids is 1. The standard InChI is InChI=1S/C15H24O3/c1-9(2)18-8-11-5-14(16)13(15(17)6-11)7-12-4-10(12)3/h9-12,16H,4-8H2,1-3H3. The fourth-order valence-corrected chi connectivity index (χ4v) is 2.64. The normalized spacial score (nSPS) is 32.2. The maximum Gasteiger partial charge on any atom is 0.162 e. The fraction of sp³-hybridized carbons (Fsp3) is 0.800. The first-order valence-electron chi connectivity index (χ1n) is 7.03. The van der Waals surface area contributed by atoms with E-state index in [0.717, 1.165) is 12.3 Å². The van der Waals surface area contributed by atoms with Crippen LogP contribution in [0.4, 0.5) is 0 Å². The van der Waals surface area contributed by atoms with Crippen molar-refractivity contribution in [2.45, 2.75) is 52.6 Å². The largest absolute Gasteiger partial charge is 0.512 e. The summed E-state index contributed by atoms with van der Waals surface area (Å²) >= 11 is 0. The van der Waals surface area contributed by atoms with Crippen LogP contribution in [-0.2, 0) is 9.53 Å². The molecule has 3 atom stereocenters. The molecule has 3 nitrogen and oxygen atoms in total. The van der Waals surface area contributed by atoms with Crippen molar-refractivity contribution >= 4 is 5.78 Å². The Kier molecular flexibility index (Phi) is 4.10. The van der Waals surface area contributed by atoms with Crippen molar-refractivity contribution in [2.24, 2.45) is 17.8 Å². The van der Waals surface area contributed by atoms with Crippen LogP contribution in [0.2, 0.25) is 0 Å². The third-order valence-electron chi connectivity index (χ3n) is 4.05. The van der Waals surface area contributed by atoms with E-state index in [-0.39, 0.29) is 17.8 Å². The molecule has 0 saturated heterocycles. The van der Waals surface area contributed by atoms with E-state index in [1.807, 2.05) is 13.8 Å². The number of ether oxygens (including phenoxy) is 1. The first-order valence-corrected chi connectivity index (χ1v) is 7.03. The molecule has 1 fully saturated rings. The predicted octanol–water partition coefficient (Wildman–Crippen LogP) is 3.25. The number of carbonyl (C=O) groups is 1. The molecule has 0 amide bonds. The van der Waals surface area contributed by atoms with Crippen molar-refractivity contribution in [3.63, 3.8) is 0 Å². The molecule has 1 N–H and O–H groups in total. The number of aliphatic hydroxyl groups is 1. The first kappa shape index (κ1) is 13.6. The molecule has 0 spiro atoms. The predicted molar refractivity (Wildman–Crippen MR) is 70.4 cm³/mol. The number of hydrogen-bond acceptors (Lipinski definition) is 3. The lowest BCUT2D eigenvalue weighted by Gasteiger charge is -2.24. The minimum atomic E-state index is 0.134. The minimum absolute atomic E-state index is 0.134. The van der Waals surface area contributed by atoms with Gasteiger partial charge < -0.3 is 9.84 Å². The summed E-state index contributed by atoms with van der Waals surface area (Å²) in [5, 5.41) is 10.0. The first-order chi connectivity index (χ1) is 8.47. The van der Waals surface area contributed by atoms with E-state index in [2.05, 4.69) is 6.92 Å². The van der Waals surface area contributed by atoms with Gasteiger partial charge in [0.1, 0.15) is 0 Å². The highest BCUT2D eigenvalue weighted by Gasteiger charge is 2.37. The zero-order valence-electron chi connectivity index (χ0n) is 11.6. The number of rotatable bonds is 5. The Morgan fingerprint density at radius 2 is 2.06 bits per heavy atom. The summed E-state index contributed by atoms with van der Waals surface area (Å²) in [6.07, 6.45) is 3.30. The molecule has 1 saturated carbocycles. The molecule has 2 aliphatic rings. The van der Waals surface area contributed by atoms with Crippen molar-refractivity contribution in [2.75, 3.05) is 6.61 Å². The van der Waals surface area contributed by atoms with E-state index >= 15 is 0 Å². The molecule has 0 bridgehead atoms. The van der Waals surface area contributed by atoms with Gasteiger partial charge in [0.05, 0.1) is 18.5 Å². The average Bonchev–Trinajstić information content (AvgIpc) is 2.97. The van der Waals surface area contributed by atoms with Gasteiger partial charge in [-0.15, -0.1) is 0 Å². The fourth-order valence-electron chi connectivity index (χ4n) is 2.64. The maximum absolute atomic E-state index is 12.1. The quantitative estimate of drug-likeness (QED) is 0.817. The van der Waals surface area contributed by atoms with Gasteiger partial charge in [0, 0.05) is 18.4 Å². The van der Waals surface area contributed by atoms with Crippen LogP contribution in [0.5, 0.6) is 0 Å². The minimum Gasteiger partial charge on any atom is -0.512 e. The van der Waals surface area contributed by atoms with Gasteiger partial charge >= 0.3 is 0 Å². The van der Waals surface area contributed by atoms with E-state index < -0.39 is 0 Å². The van der Waals surface area contributed by atoms with E-state index in [1.165, 1.54) is 6.42 Å². The number of aliphatic hydroxyl groups excluding tert-OH is 1. The van der Waals surface area contributed by atoms with Gasteiger partial charge in [-0.2, -0.15) is 0 Å². The molecular formula is C15H24O3. The topological polar surface area (TPSA) is 46.5 Å². The highest BCUT2D eigenvalue weighted by molar-refractivity contribution is 5.96. The number of allylic oxidation sites excluding steroid dienone is 2. The van der Waals surface area contributed by atoms with E-state index in [1.54, 1.807) is 0 Å². The van der Waals surface area contributed by atoms with Crippen LogP contribution in [0.1, 0.15) is 46.5 Å². The molecule has 0 aromatic heterocycles. The van der Waals surface area contributed by atoms with Crippen LogP contribution in [0, 0.1) is 17.8 Å². The van der Waals surface area contributed by atoms with Crippen molar-refractivity contribution < 1.29 is 14.6 Å². The third kappa shape index (κ3) is 3.35. The van der Waals surface area contributed by atoms with Gasteiger partial charge in [0.15, 0.2) is 5.78 Å². The van der Waals surface area contributed by atoms with Crippen molar-refractivity contribution in [3.8, 4) is 0 Å². The van der Waals surface area contributed by atoms with Crippen LogP contribution in [0.3, 0.4) is 0 Å². The molecule has 3 unspecified atom stereocenters. The zero-order chi connectivity index (χ0) is 13.3. The summed E-state index contributed by atoms with van der Waals surface area (Å²) in [7, 11) is 0. The zero-order valence-corrected chi connectivity index (χ0v) is 11.6. The molecule has 2 aliphatic carbocycles. The van der Waals surface area contributed by atoms with Gasteiger partial charge in [0.2, 0.25) is 0 Å². The summed E-state index contributed by atoms with van der Waals surface area (Å²) in [5.74, 6) is 1.95. The van der Waals surface area contributed by atoms with Gasteiger partial charge in [0.25, 0.3) is 0 Å². The number of Topliss-reactive ketones (excluding diaryl/α,β-unsaturated/α-hetero) is 1. The smallest absolute Gasteiger partial charge is 0.162 e. The molecule has 0 aliphatic heterocycles. The molecule has 18 heavy (non-hydrogen) atoms. The van der Waals surface area contributed by atoms with E-state index in [4.69, 9.17) is 4.74 Å². The van der Waals surface area contributed by atoms with Gasteiger partial charge in [-0.25, -0.2) is 0 Å². The van der Waals surface area contributed by atoms with Crippen molar-refractivity contribution in [1.29, 1.82) is 0 Å². The second-order valence-corrected chi connectivity index (χ2v) is 6.18. The van der Waals surface area contributed by atoms with E-state index in [0.29, 0.717) is 36.7 Å². The van der Waals surface area contributed by atoms with Crippen LogP contribution in [0.15, 0.2) is 11.3 Å². The Hall–Kier alpha value is -0.830. The Balaban J connectivity index is 1.91. The van der Waals surface area contributed by atoms with Crippen molar-refractivity contribution in [1.82, 2.24) is 0 Å². The molecule has 0 aromatic rings. The molecule has 0 aromatic carbocycles. The van der Waals surface area contributed by atoms with Gasteiger partial charge in [-0.1, -0.05) is 6.92 Å². The van der Waals surface area contributed by atoms with E-state index in [9.17, 15) is 9.90 Å². The molecule has 0 heterocycles. The maximum atomic E-state index is 12.1. The molecule has 3 heteroatoms. The Bertz CT molecular complexity index is 357. The van der Waals surface area contributed by atoms with Crippen LogP contribution in [0.25, 0.3) is 0 Å². The van der Waals surface area contributed by atoms with Gasteiger partial charge in [-0.3, -0.25) is 4.79 Å². The number of ketones is 1. The molecule has 102 valence electrons. The highest BCUT2D eigenvalue weighted by Crippen LogP contribution is 2.44. The summed E-state index contributed by atoms with van der Waals surface area (Å²) in [6, 6.07) is 0. The monoisotopic (exact) mass is 252 g/mol. The molecule has 2 rings (SSSR count). The summed E-state index contributed by atoms with van der Waals surface area (Å²) in [6.45, 7) is 6.75. The van der Waals surface area contributed by atoms with Crippen LogP contribution < -0.4 is 0 Å².